The minimum Gasteiger partial charge on any atom is -0.352 e. The van der Waals surface area contributed by atoms with E-state index in [2.05, 4.69) is 46.0 Å². The summed E-state index contributed by atoms with van der Waals surface area (Å²) < 4.78 is 0. The van der Waals surface area contributed by atoms with Gasteiger partial charge in [-0.05, 0) is 5.56 Å². The number of carbonyl (C=O) groups excluding carboxylic acids is 1. The number of benzene rings is 1. The molecule has 108 valence electrons. The van der Waals surface area contributed by atoms with Gasteiger partial charge in [0.15, 0.2) is 0 Å². The molecule has 1 N–H and O–H groups in total. The summed E-state index contributed by atoms with van der Waals surface area (Å²) in [6.07, 6.45) is 1.70. The molecule has 1 aromatic carbocycles. The average Bonchev–Trinajstić information content (AvgIpc) is 2.48. The highest BCUT2D eigenvalue weighted by atomic mass is 16.2. The Balaban J connectivity index is 1.70. The molecule has 0 aromatic heterocycles. The molecule has 1 aromatic rings. The van der Waals surface area contributed by atoms with Crippen LogP contribution in [0.2, 0.25) is 0 Å². The lowest BCUT2D eigenvalue weighted by Crippen LogP contribution is -2.49. The Morgan fingerprint density at radius 3 is 2.45 bits per heavy atom. The third kappa shape index (κ3) is 4.79. The van der Waals surface area contributed by atoms with Crippen LogP contribution < -0.4 is 5.32 Å². The van der Waals surface area contributed by atoms with E-state index in [0.717, 1.165) is 32.7 Å². The zero-order valence-corrected chi connectivity index (χ0v) is 11.9. The maximum absolute atomic E-state index is 11.6. The largest absolute Gasteiger partial charge is 0.352 e. The summed E-state index contributed by atoms with van der Waals surface area (Å²) in [5.74, 6) is 0.0846. The molecule has 1 aliphatic rings. The Kier molecular flexibility index (Phi) is 5.77. The molecule has 0 bridgehead atoms. The van der Waals surface area contributed by atoms with Crippen LogP contribution in [-0.4, -0.2) is 55.0 Å². The lowest BCUT2D eigenvalue weighted by Gasteiger charge is -2.34. The van der Waals surface area contributed by atoms with Crippen LogP contribution >= 0.6 is 0 Å². The number of hydrogen-bond donors (Lipinski definition) is 1. The smallest absolute Gasteiger partial charge is 0.234 e. The van der Waals surface area contributed by atoms with Crippen LogP contribution in [0, 0.1) is 0 Å². The maximum atomic E-state index is 11.6. The lowest BCUT2D eigenvalue weighted by molar-refractivity contribution is -0.122. The molecule has 4 heteroatoms. The predicted molar refractivity (Wildman–Crippen MR) is 81.4 cm³/mol. The predicted octanol–water partition coefficient (Wildman–Crippen LogP) is 1.11. The molecule has 1 aliphatic heterocycles. The van der Waals surface area contributed by atoms with Crippen molar-refractivity contribution in [3.05, 3.63) is 48.6 Å². The van der Waals surface area contributed by atoms with Crippen molar-refractivity contribution < 1.29 is 4.79 Å². The van der Waals surface area contributed by atoms with E-state index >= 15 is 0 Å². The summed E-state index contributed by atoms with van der Waals surface area (Å²) in [7, 11) is 0. The fourth-order valence-electron chi connectivity index (χ4n) is 2.39. The van der Waals surface area contributed by atoms with E-state index in [-0.39, 0.29) is 5.91 Å². The summed E-state index contributed by atoms with van der Waals surface area (Å²) in [6.45, 7) is 9.57. The molecule has 0 saturated carbocycles. The van der Waals surface area contributed by atoms with Gasteiger partial charge in [-0.1, -0.05) is 36.4 Å². The van der Waals surface area contributed by atoms with E-state index < -0.39 is 0 Å². The molecule has 2 rings (SSSR count). The lowest BCUT2D eigenvalue weighted by atomic mass is 10.2. The van der Waals surface area contributed by atoms with E-state index in [1.165, 1.54) is 5.56 Å². The second-order valence-corrected chi connectivity index (χ2v) is 5.13. The molecule has 0 aliphatic carbocycles. The average molecular weight is 273 g/mol. The minimum absolute atomic E-state index is 0.0846. The zero-order valence-electron chi connectivity index (χ0n) is 11.9. The van der Waals surface area contributed by atoms with Crippen molar-refractivity contribution in [1.82, 2.24) is 15.1 Å². The van der Waals surface area contributed by atoms with Gasteiger partial charge in [0.1, 0.15) is 0 Å². The molecule has 4 nitrogen and oxygen atoms in total. The molecule has 0 atom stereocenters. The van der Waals surface area contributed by atoms with Crippen molar-refractivity contribution in [3.8, 4) is 0 Å². The summed E-state index contributed by atoms with van der Waals surface area (Å²) in [5, 5.41) is 2.82. The third-order valence-corrected chi connectivity index (χ3v) is 3.52. The normalized spacial score (nSPS) is 16.8. The summed E-state index contributed by atoms with van der Waals surface area (Å²) in [4.78, 5) is 16.3. The molecule has 0 unspecified atom stereocenters. The molecular weight excluding hydrogens is 250 g/mol. The van der Waals surface area contributed by atoms with Gasteiger partial charge in [0.05, 0.1) is 6.54 Å². The monoisotopic (exact) mass is 273 g/mol. The Hall–Kier alpha value is -1.65. The molecule has 20 heavy (non-hydrogen) atoms. The first-order valence-corrected chi connectivity index (χ1v) is 7.14. The Bertz CT molecular complexity index is 425. The highest BCUT2D eigenvalue weighted by Gasteiger charge is 2.18. The van der Waals surface area contributed by atoms with E-state index in [9.17, 15) is 4.79 Å². The number of amides is 1. The number of nitrogens with one attached hydrogen (secondary N) is 1. The van der Waals surface area contributed by atoms with E-state index in [1.54, 1.807) is 6.08 Å². The quantitative estimate of drug-likeness (QED) is 0.789. The van der Waals surface area contributed by atoms with Crippen LogP contribution in [0.3, 0.4) is 0 Å². The molecule has 0 spiro atoms. The van der Waals surface area contributed by atoms with Gasteiger partial charge in [0.25, 0.3) is 0 Å². The number of carbonyl (C=O) groups is 1. The fourth-order valence-corrected chi connectivity index (χ4v) is 2.39. The molecule has 1 saturated heterocycles. The summed E-state index contributed by atoms with van der Waals surface area (Å²) >= 11 is 0. The van der Waals surface area contributed by atoms with Crippen LogP contribution in [0.25, 0.3) is 0 Å². The maximum Gasteiger partial charge on any atom is 0.234 e. The van der Waals surface area contributed by atoms with Gasteiger partial charge in [-0.3, -0.25) is 14.6 Å². The van der Waals surface area contributed by atoms with E-state index in [1.807, 2.05) is 6.07 Å². The van der Waals surface area contributed by atoms with Crippen molar-refractivity contribution in [2.45, 2.75) is 6.54 Å². The Morgan fingerprint density at radius 1 is 1.15 bits per heavy atom. The Labute approximate surface area is 121 Å². The van der Waals surface area contributed by atoms with Crippen molar-refractivity contribution in [2.75, 3.05) is 39.3 Å². The fraction of sp³-hybridized carbons (Fsp3) is 0.438. The van der Waals surface area contributed by atoms with Crippen molar-refractivity contribution in [2.24, 2.45) is 0 Å². The topological polar surface area (TPSA) is 35.6 Å². The van der Waals surface area contributed by atoms with Crippen molar-refractivity contribution in [3.63, 3.8) is 0 Å². The highest BCUT2D eigenvalue weighted by molar-refractivity contribution is 5.78. The van der Waals surface area contributed by atoms with Gasteiger partial charge in [-0.15, -0.1) is 6.58 Å². The van der Waals surface area contributed by atoms with Crippen LogP contribution in [0.15, 0.2) is 43.0 Å². The zero-order chi connectivity index (χ0) is 14.2. The molecule has 1 fully saturated rings. The van der Waals surface area contributed by atoms with Crippen molar-refractivity contribution in [1.29, 1.82) is 0 Å². The molecule has 1 amide bonds. The van der Waals surface area contributed by atoms with Crippen LogP contribution in [0.1, 0.15) is 5.56 Å². The van der Waals surface area contributed by atoms with Gasteiger partial charge in [-0.25, -0.2) is 0 Å². The number of nitrogens with zero attached hydrogens (tertiary/aromatic N) is 2. The summed E-state index contributed by atoms with van der Waals surface area (Å²) in [6, 6.07) is 10.5. The Morgan fingerprint density at radius 2 is 1.80 bits per heavy atom. The van der Waals surface area contributed by atoms with Gasteiger partial charge in [0, 0.05) is 39.3 Å². The first-order chi connectivity index (χ1) is 9.78. The van der Waals surface area contributed by atoms with Gasteiger partial charge < -0.3 is 5.32 Å². The van der Waals surface area contributed by atoms with Crippen LogP contribution in [0.5, 0.6) is 0 Å². The van der Waals surface area contributed by atoms with E-state index in [4.69, 9.17) is 0 Å². The number of hydrogen-bond acceptors (Lipinski definition) is 3. The number of piperazine rings is 1. The second kappa shape index (κ2) is 7.82. The SMILES string of the molecule is C=CCNC(=O)CN1CCN(Cc2ccccc2)CC1. The number of rotatable bonds is 6. The van der Waals surface area contributed by atoms with Gasteiger partial charge in [0.2, 0.25) is 5.91 Å². The van der Waals surface area contributed by atoms with Gasteiger partial charge in [-0.2, -0.15) is 0 Å². The molecule has 0 radical (unpaired) electrons. The first kappa shape index (κ1) is 14.8. The van der Waals surface area contributed by atoms with E-state index in [0.29, 0.717) is 13.1 Å². The molecule has 1 heterocycles. The third-order valence-electron chi connectivity index (χ3n) is 3.52. The minimum atomic E-state index is 0.0846. The standard InChI is InChI=1S/C16H23N3O/c1-2-8-17-16(20)14-19-11-9-18(10-12-19)13-15-6-4-3-5-7-15/h2-7H,1,8-14H2,(H,17,20). The summed E-state index contributed by atoms with van der Waals surface area (Å²) in [5.41, 5.74) is 1.35. The van der Waals surface area contributed by atoms with Crippen LogP contribution in [-0.2, 0) is 11.3 Å². The van der Waals surface area contributed by atoms with Crippen LogP contribution in [0.4, 0.5) is 0 Å². The first-order valence-electron chi connectivity index (χ1n) is 7.14. The highest BCUT2D eigenvalue weighted by Crippen LogP contribution is 2.08. The van der Waals surface area contributed by atoms with Crippen molar-refractivity contribution >= 4 is 5.91 Å². The van der Waals surface area contributed by atoms with Gasteiger partial charge >= 0.3 is 0 Å². The molecular formula is C16H23N3O. The second-order valence-electron chi connectivity index (χ2n) is 5.13.